The SMILES string of the molecule is O=C(C[n+]1ccnc2ccccc21)c1ccccc1.[Br-]. The number of aromatic nitrogens is 2. The number of para-hydroxylation sites is 2. The van der Waals surface area contributed by atoms with Gasteiger partial charge in [-0.2, -0.15) is 4.57 Å². The molecule has 1 aromatic heterocycles. The molecular weight excluding hydrogens is 316 g/mol. The molecule has 0 amide bonds. The Morgan fingerprint density at radius 1 is 1.00 bits per heavy atom. The molecule has 3 rings (SSSR count). The zero-order valence-corrected chi connectivity index (χ0v) is 12.3. The molecule has 0 saturated heterocycles. The van der Waals surface area contributed by atoms with E-state index in [2.05, 4.69) is 4.98 Å². The molecule has 20 heavy (non-hydrogen) atoms. The summed E-state index contributed by atoms with van der Waals surface area (Å²) in [5.74, 6) is 0.0990. The van der Waals surface area contributed by atoms with Crippen molar-refractivity contribution in [3.05, 3.63) is 72.6 Å². The van der Waals surface area contributed by atoms with Gasteiger partial charge in [-0.05, 0) is 6.07 Å². The van der Waals surface area contributed by atoms with E-state index in [4.69, 9.17) is 0 Å². The predicted octanol–water partition coefficient (Wildman–Crippen LogP) is -0.591. The van der Waals surface area contributed by atoms with Crippen molar-refractivity contribution in [3.63, 3.8) is 0 Å². The molecule has 0 spiro atoms. The zero-order valence-electron chi connectivity index (χ0n) is 10.7. The minimum absolute atomic E-state index is 0. The largest absolute Gasteiger partial charge is 1.00 e. The van der Waals surface area contributed by atoms with Gasteiger partial charge >= 0.3 is 0 Å². The van der Waals surface area contributed by atoms with E-state index in [0.29, 0.717) is 6.54 Å². The summed E-state index contributed by atoms with van der Waals surface area (Å²) in [6.45, 7) is 0.326. The third-order valence-corrected chi connectivity index (χ3v) is 3.06. The second kappa shape index (κ2) is 6.39. The molecular formula is C16H13BrN2O. The van der Waals surface area contributed by atoms with Gasteiger partial charge in [-0.3, -0.25) is 4.79 Å². The van der Waals surface area contributed by atoms with Crippen molar-refractivity contribution in [2.24, 2.45) is 0 Å². The molecule has 0 aliphatic rings. The van der Waals surface area contributed by atoms with Crippen LogP contribution in [-0.2, 0) is 6.54 Å². The van der Waals surface area contributed by atoms with Crippen LogP contribution in [0.2, 0.25) is 0 Å². The van der Waals surface area contributed by atoms with Gasteiger partial charge in [0.1, 0.15) is 5.52 Å². The van der Waals surface area contributed by atoms with Gasteiger partial charge in [0.2, 0.25) is 17.8 Å². The standard InChI is InChI=1S/C16H13N2O.BrH/c19-16(13-6-2-1-3-7-13)12-18-11-10-17-14-8-4-5-9-15(14)18;/h1-11H,12H2;1H/q+1;/p-1. The Kier molecular flexibility index (Phi) is 4.58. The Morgan fingerprint density at radius 2 is 1.70 bits per heavy atom. The predicted molar refractivity (Wildman–Crippen MR) is 72.7 cm³/mol. The zero-order chi connectivity index (χ0) is 13.1. The van der Waals surface area contributed by atoms with E-state index in [9.17, 15) is 4.79 Å². The molecule has 1 heterocycles. The first-order chi connectivity index (χ1) is 9.34. The fourth-order valence-corrected chi connectivity index (χ4v) is 2.10. The summed E-state index contributed by atoms with van der Waals surface area (Å²) in [5.41, 5.74) is 2.59. The van der Waals surface area contributed by atoms with E-state index in [1.165, 1.54) is 0 Å². The van der Waals surface area contributed by atoms with Crippen LogP contribution >= 0.6 is 0 Å². The minimum atomic E-state index is 0. The minimum Gasteiger partial charge on any atom is -1.00 e. The number of hydrogen-bond acceptors (Lipinski definition) is 2. The van der Waals surface area contributed by atoms with Crippen molar-refractivity contribution in [3.8, 4) is 0 Å². The lowest BCUT2D eigenvalue weighted by Gasteiger charge is -2.00. The first-order valence-electron chi connectivity index (χ1n) is 6.16. The summed E-state index contributed by atoms with van der Waals surface area (Å²) in [7, 11) is 0. The summed E-state index contributed by atoms with van der Waals surface area (Å²) in [4.78, 5) is 16.5. The highest BCUT2D eigenvalue weighted by molar-refractivity contribution is 5.95. The highest BCUT2D eigenvalue weighted by Gasteiger charge is 2.14. The fourth-order valence-electron chi connectivity index (χ4n) is 2.10. The average molecular weight is 329 g/mol. The van der Waals surface area contributed by atoms with Gasteiger partial charge in [0.25, 0.3) is 0 Å². The van der Waals surface area contributed by atoms with E-state index in [0.717, 1.165) is 16.6 Å². The van der Waals surface area contributed by atoms with Crippen molar-refractivity contribution in [1.29, 1.82) is 0 Å². The van der Waals surface area contributed by atoms with Crippen LogP contribution in [0.25, 0.3) is 11.0 Å². The number of ketones is 1. The molecule has 3 aromatic rings. The summed E-state index contributed by atoms with van der Waals surface area (Å²) < 4.78 is 1.93. The number of halogens is 1. The highest BCUT2D eigenvalue weighted by atomic mass is 79.9. The Hall–Kier alpha value is -2.07. The fraction of sp³-hybridized carbons (Fsp3) is 0.0625. The molecule has 0 N–H and O–H groups in total. The second-order valence-corrected chi connectivity index (χ2v) is 4.33. The van der Waals surface area contributed by atoms with E-state index in [1.54, 1.807) is 6.20 Å². The van der Waals surface area contributed by atoms with Crippen LogP contribution in [-0.4, -0.2) is 10.8 Å². The average Bonchev–Trinajstić information content (AvgIpc) is 2.48. The Morgan fingerprint density at radius 3 is 2.50 bits per heavy atom. The van der Waals surface area contributed by atoms with Gasteiger partial charge in [0.15, 0.2) is 6.20 Å². The summed E-state index contributed by atoms with van der Waals surface area (Å²) >= 11 is 0. The van der Waals surface area contributed by atoms with Gasteiger partial charge < -0.3 is 17.0 Å². The molecule has 0 unspecified atom stereocenters. The lowest BCUT2D eigenvalue weighted by atomic mass is 10.1. The smallest absolute Gasteiger partial charge is 0.231 e. The van der Waals surface area contributed by atoms with Crippen molar-refractivity contribution in [1.82, 2.24) is 4.98 Å². The maximum Gasteiger partial charge on any atom is 0.231 e. The number of nitrogens with zero attached hydrogens (tertiary/aromatic N) is 2. The first-order valence-corrected chi connectivity index (χ1v) is 6.16. The van der Waals surface area contributed by atoms with Crippen molar-refractivity contribution >= 4 is 16.8 Å². The third kappa shape index (κ3) is 2.91. The number of Topliss-reactive ketones (excluding diaryl/α,β-unsaturated/α-hetero) is 1. The van der Waals surface area contributed by atoms with Crippen molar-refractivity contribution < 1.29 is 26.3 Å². The first kappa shape index (κ1) is 14.3. The van der Waals surface area contributed by atoms with Crippen LogP contribution < -0.4 is 21.5 Å². The number of carbonyl (C=O) groups is 1. The molecule has 0 bridgehead atoms. The molecule has 100 valence electrons. The number of carbonyl (C=O) groups excluding carboxylic acids is 1. The highest BCUT2D eigenvalue weighted by Crippen LogP contribution is 2.06. The normalized spacial score (nSPS) is 10.0. The summed E-state index contributed by atoms with van der Waals surface area (Å²) in [6, 6.07) is 17.2. The van der Waals surface area contributed by atoms with Crippen LogP contribution in [0.4, 0.5) is 0 Å². The molecule has 0 aliphatic carbocycles. The van der Waals surface area contributed by atoms with Crippen LogP contribution in [0.3, 0.4) is 0 Å². The van der Waals surface area contributed by atoms with Crippen LogP contribution in [0.15, 0.2) is 67.0 Å². The maximum atomic E-state index is 12.2. The van der Waals surface area contributed by atoms with Crippen LogP contribution in [0.5, 0.6) is 0 Å². The molecule has 3 nitrogen and oxygen atoms in total. The Labute approximate surface area is 127 Å². The molecule has 0 atom stereocenters. The van der Waals surface area contributed by atoms with E-state index in [-0.39, 0.29) is 22.8 Å². The number of benzene rings is 2. The van der Waals surface area contributed by atoms with Crippen LogP contribution in [0.1, 0.15) is 10.4 Å². The van der Waals surface area contributed by atoms with Gasteiger partial charge in [-0.25, -0.2) is 4.98 Å². The van der Waals surface area contributed by atoms with Gasteiger partial charge in [-0.1, -0.05) is 42.5 Å². The molecule has 4 heteroatoms. The monoisotopic (exact) mass is 328 g/mol. The van der Waals surface area contributed by atoms with Crippen LogP contribution in [0, 0.1) is 0 Å². The lowest BCUT2D eigenvalue weighted by molar-refractivity contribution is -0.657. The summed E-state index contributed by atoms with van der Waals surface area (Å²) in [5, 5.41) is 0. The molecule has 0 radical (unpaired) electrons. The molecule has 2 aromatic carbocycles. The third-order valence-electron chi connectivity index (χ3n) is 3.06. The Bertz CT molecular complexity index is 723. The number of fused-ring (bicyclic) bond motifs is 1. The Balaban J connectivity index is 0.00000147. The van der Waals surface area contributed by atoms with Crippen molar-refractivity contribution in [2.45, 2.75) is 6.54 Å². The molecule has 0 saturated carbocycles. The summed E-state index contributed by atoms with van der Waals surface area (Å²) in [6.07, 6.45) is 3.56. The number of hydrogen-bond donors (Lipinski definition) is 0. The molecule has 0 fully saturated rings. The molecule has 0 aliphatic heterocycles. The van der Waals surface area contributed by atoms with Crippen molar-refractivity contribution in [2.75, 3.05) is 0 Å². The lowest BCUT2D eigenvalue weighted by Crippen LogP contribution is -3.00. The van der Waals surface area contributed by atoms with E-state index >= 15 is 0 Å². The van der Waals surface area contributed by atoms with E-state index in [1.807, 2.05) is 65.4 Å². The second-order valence-electron chi connectivity index (χ2n) is 4.33. The van der Waals surface area contributed by atoms with Gasteiger partial charge in [-0.15, -0.1) is 0 Å². The maximum absolute atomic E-state index is 12.2. The topological polar surface area (TPSA) is 33.8 Å². The number of rotatable bonds is 3. The van der Waals surface area contributed by atoms with Gasteiger partial charge in [0, 0.05) is 11.6 Å². The van der Waals surface area contributed by atoms with E-state index < -0.39 is 0 Å². The quantitative estimate of drug-likeness (QED) is 0.475. The van der Waals surface area contributed by atoms with Gasteiger partial charge in [0.05, 0.1) is 6.20 Å².